The van der Waals surface area contributed by atoms with Gasteiger partial charge in [0.1, 0.15) is 11.5 Å². The fourth-order valence-corrected chi connectivity index (χ4v) is 17.2. The molecule has 0 N–H and O–H groups in total. The highest BCUT2D eigenvalue weighted by atomic mass is 28.4. The van der Waals surface area contributed by atoms with Gasteiger partial charge in [-0.25, -0.2) is 0 Å². The molecule has 2 nitrogen and oxygen atoms in total. The maximum absolute atomic E-state index is 6.96. The molecule has 0 heterocycles. The minimum atomic E-state index is -1.99. The van der Waals surface area contributed by atoms with Crippen LogP contribution in [0.5, 0.6) is 11.5 Å². The summed E-state index contributed by atoms with van der Waals surface area (Å²) in [5, 5.41) is 0.0780. The maximum atomic E-state index is 6.96. The minimum absolute atomic E-state index is 0.107. The van der Waals surface area contributed by atoms with Crippen molar-refractivity contribution in [3.63, 3.8) is 0 Å². The Balaban J connectivity index is 1.99. The van der Waals surface area contributed by atoms with Gasteiger partial charge in [0.2, 0.25) is 16.6 Å². The van der Waals surface area contributed by atoms with Crippen molar-refractivity contribution in [3.05, 3.63) is 70.8 Å². The van der Waals surface area contributed by atoms with Crippen LogP contribution in [0.2, 0.25) is 75.5 Å². The summed E-state index contributed by atoms with van der Waals surface area (Å²) in [6, 6.07) is 14.0. The Morgan fingerprint density at radius 1 is 0.500 bits per heavy atom. The predicted molar refractivity (Wildman–Crippen MR) is 197 cm³/mol. The van der Waals surface area contributed by atoms with Gasteiger partial charge in [-0.2, -0.15) is 0 Å². The second kappa shape index (κ2) is 9.95. The van der Waals surface area contributed by atoms with Crippen LogP contribution in [0.15, 0.2) is 48.6 Å². The second-order valence-electron chi connectivity index (χ2n) is 18.0. The smallest absolute Gasteiger partial charge is 0.250 e. The van der Waals surface area contributed by atoms with Crippen LogP contribution in [0.3, 0.4) is 0 Å². The van der Waals surface area contributed by atoms with Crippen LogP contribution in [0.25, 0.3) is 12.2 Å². The van der Waals surface area contributed by atoms with E-state index in [-0.39, 0.29) is 20.2 Å². The van der Waals surface area contributed by atoms with E-state index in [1.165, 1.54) is 22.3 Å². The van der Waals surface area contributed by atoms with E-state index < -0.39 is 32.8 Å². The van der Waals surface area contributed by atoms with E-state index >= 15 is 0 Å². The number of fused-ring (bicyclic) bond motifs is 2. The van der Waals surface area contributed by atoms with Crippen LogP contribution in [-0.4, -0.2) is 32.8 Å². The second-order valence-corrected chi connectivity index (χ2v) is 38.0. The van der Waals surface area contributed by atoms with Crippen LogP contribution in [-0.2, 0) is 10.1 Å². The molecule has 0 fully saturated rings. The van der Waals surface area contributed by atoms with Crippen LogP contribution < -0.4 is 8.85 Å². The first kappa shape index (κ1) is 33.3. The third-order valence-electron chi connectivity index (χ3n) is 11.3. The molecule has 0 spiro atoms. The molecular formula is C36H58O2Si4. The van der Waals surface area contributed by atoms with E-state index in [2.05, 4.69) is 168 Å². The molecule has 0 bridgehead atoms. The van der Waals surface area contributed by atoms with E-state index in [9.17, 15) is 0 Å². The van der Waals surface area contributed by atoms with Crippen molar-refractivity contribution >= 4 is 44.9 Å². The summed E-state index contributed by atoms with van der Waals surface area (Å²) in [5.74, 6) is 2.07. The van der Waals surface area contributed by atoms with E-state index in [1.54, 1.807) is 0 Å². The largest absolute Gasteiger partial charge is 0.543 e. The molecule has 2 unspecified atom stereocenters. The van der Waals surface area contributed by atoms with E-state index in [0.717, 1.165) is 11.5 Å². The first-order chi connectivity index (χ1) is 18.8. The first-order valence-corrected chi connectivity index (χ1v) is 28.7. The molecule has 0 amide bonds. The SMILES string of the molecule is CC(C)(C)[Si](C)(C)Oc1ccc2c(c1)C(C1([Si](C)(C)C)C=Cc3ccc(O[Si](C)(C)C(C)(C)C)cc31)([Si](C)(C)C)C=C2. The Kier molecular flexibility index (Phi) is 7.88. The average molecular weight is 635 g/mol. The fourth-order valence-electron chi connectivity index (χ4n) is 6.85. The summed E-state index contributed by atoms with van der Waals surface area (Å²) in [4.78, 5) is 0. The van der Waals surface area contributed by atoms with Crippen LogP contribution in [0, 0.1) is 0 Å². The Labute approximate surface area is 262 Å². The van der Waals surface area contributed by atoms with Crippen molar-refractivity contribution in [3.8, 4) is 11.5 Å². The van der Waals surface area contributed by atoms with Gasteiger partial charge in [-0.05, 0) is 82.8 Å². The van der Waals surface area contributed by atoms with Crippen LogP contribution in [0.1, 0.15) is 63.8 Å². The quantitative estimate of drug-likeness (QED) is 0.282. The standard InChI is InChI=1S/C36H58O2Si4/c1-33(2,3)41(13,14)37-29-19-17-27-21-23-35(31(27)25-29,39(7,8)9)36(40(10,11)12)24-22-28-18-20-30(26-32(28)36)38-42(15,16)34(4,5)6/h17-26H,1-16H3. The number of rotatable bonds is 7. The highest BCUT2D eigenvalue weighted by Crippen LogP contribution is 2.63. The van der Waals surface area contributed by atoms with E-state index in [1.807, 2.05) is 0 Å². The van der Waals surface area contributed by atoms with Gasteiger partial charge in [0, 0.05) is 10.1 Å². The summed E-state index contributed by atoms with van der Waals surface area (Å²) in [6.45, 7) is 38.8. The average Bonchev–Trinajstić information content (AvgIpc) is 3.36. The van der Waals surface area contributed by atoms with Crippen molar-refractivity contribution in [1.82, 2.24) is 0 Å². The van der Waals surface area contributed by atoms with Crippen molar-refractivity contribution in [1.29, 1.82) is 0 Å². The number of hydrogen-bond acceptors (Lipinski definition) is 2. The van der Waals surface area contributed by atoms with Gasteiger partial charge in [-0.15, -0.1) is 0 Å². The molecule has 2 atom stereocenters. The zero-order valence-corrected chi connectivity index (χ0v) is 33.6. The number of benzene rings is 2. The summed E-state index contributed by atoms with van der Waals surface area (Å²) in [6.07, 6.45) is 10.1. The molecule has 2 aliphatic carbocycles. The molecule has 0 saturated carbocycles. The summed E-state index contributed by atoms with van der Waals surface area (Å²) >= 11 is 0. The Morgan fingerprint density at radius 2 is 0.810 bits per heavy atom. The third kappa shape index (κ3) is 5.02. The number of allylic oxidation sites excluding steroid dienone is 2. The van der Waals surface area contributed by atoms with Gasteiger partial charge in [0.25, 0.3) is 0 Å². The van der Waals surface area contributed by atoms with Gasteiger partial charge < -0.3 is 8.85 Å². The molecule has 0 aliphatic heterocycles. The first-order valence-electron chi connectivity index (χ1n) is 15.9. The molecule has 2 aromatic carbocycles. The topological polar surface area (TPSA) is 18.5 Å². The summed E-state index contributed by atoms with van der Waals surface area (Å²) < 4.78 is 13.9. The lowest BCUT2D eigenvalue weighted by Crippen LogP contribution is -2.68. The molecule has 0 saturated heterocycles. The highest BCUT2D eigenvalue weighted by molar-refractivity contribution is 6.87. The van der Waals surface area contributed by atoms with Gasteiger partial charge >= 0.3 is 0 Å². The molecule has 230 valence electrons. The normalized spacial score (nSPS) is 22.8. The predicted octanol–water partition coefficient (Wildman–Crippen LogP) is 11.4. The van der Waals surface area contributed by atoms with Crippen molar-refractivity contribution in [2.45, 2.75) is 127 Å². The van der Waals surface area contributed by atoms with Crippen molar-refractivity contribution in [2.24, 2.45) is 0 Å². The molecule has 6 heteroatoms. The third-order valence-corrected chi connectivity index (χ3v) is 26.6. The highest BCUT2D eigenvalue weighted by Gasteiger charge is 2.65. The van der Waals surface area contributed by atoms with Gasteiger partial charge in [-0.3, -0.25) is 0 Å². The lowest BCUT2D eigenvalue weighted by Gasteiger charge is -2.58. The van der Waals surface area contributed by atoms with Crippen LogP contribution >= 0.6 is 0 Å². The zero-order chi connectivity index (χ0) is 31.9. The molecule has 2 aliphatic rings. The zero-order valence-electron chi connectivity index (χ0n) is 29.6. The lowest BCUT2D eigenvalue weighted by atomic mass is 9.81. The molecule has 4 rings (SSSR count). The monoisotopic (exact) mass is 634 g/mol. The summed E-state index contributed by atoms with van der Waals surface area (Å²) in [7, 11) is -7.84. The van der Waals surface area contributed by atoms with Gasteiger partial charge in [0.15, 0.2) is 0 Å². The molecule has 0 aromatic heterocycles. The van der Waals surface area contributed by atoms with Gasteiger partial charge in [0.05, 0.1) is 16.1 Å². The van der Waals surface area contributed by atoms with E-state index in [0.29, 0.717) is 0 Å². The molecular weight excluding hydrogens is 577 g/mol. The van der Waals surface area contributed by atoms with Gasteiger partial charge in [-0.1, -0.05) is 117 Å². The summed E-state index contributed by atoms with van der Waals surface area (Å²) in [5.41, 5.74) is 5.64. The fraction of sp³-hybridized carbons (Fsp3) is 0.556. The minimum Gasteiger partial charge on any atom is -0.543 e. The maximum Gasteiger partial charge on any atom is 0.250 e. The Morgan fingerprint density at radius 3 is 1.07 bits per heavy atom. The molecule has 0 radical (unpaired) electrons. The van der Waals surface area contributed by atoms with Crippen molar-refractivity contribution < 1.29 is 8.85 Å². The molecule has 2 aromatic rings. The Hall–Kier alpha value is -1.61. The number of hydrogen-bond donors (Lipinski definition) is 0. The molecule has 42 heavy (non-hydrogen) atoms. The van der Waals surface area contributed by atoms with E-state index in [4.69, 9.17) is 8.85 Å². The Bertz CT molecular complexity index is 1310. The van der Waals surface area contributed by atoms with Crippen LogP contribution in [0.4, 0.5) is 0 Å². The lowest BCUT2D eigenvalue weighted by molar-refractivity contribution is 0.485. The van der Waals surface area contributed by atoms with Crippen molar-refractivity contribution in [2.75, 3.05) is 0 Å².